The van der Waals surface area contributed by atoms with Crippen LogP contribution in [0.3, 0.4) is 0 Å². The number of non-ortho nitro benzene ring substituents is 1. The summed E-state index contributed by atoms with van der Waals surface area (Å²) in [6.07, 6.45) is 1.73. The summed E-state index contributed by atoms with van der Waals surface area (Å²) in [5, 5.41) is 18.6. The number of fused-ring (bicyclic) bond motifs is 1. The fraction of sp³-hybridized carbons (Fsp3) is 0.0714. The second kappa shape index (κ2) is 4.65. The zero-order valence-corrected chi connectivity index (χ0v) is 10.7. The number of nitrogens with zero attached hydrogens (tertiary/aromatic N) is 2. The van der Waals surface area contributed by atoms with Crippen molar-refractivity contribution in [2.24, 2.45) is 0 Å². The normalized spacial score (nSPS) is 10.7. The molecule has 0 aliphatic rings. The van der Waals surface area contributed by atoms with Gasteiger partial charge in [-0.15, -0.1) is 0 Å². The first-order chi connectivity index (χ1) is 9.65. The second-order valence-corrected chi connectivity index (χ2v) is 4.38. The number of rotatable bonds is 3. The van der Waals surface area contributed by atoms with Crippen LogP contribution in [0.1, 0.15) is 5.56 Å². The molecule has 0 radical (unpaired) electrons. The predicted octanol–water partition coefficient (Wildman–Crippen LogP) is 3.57. The van der Waals surface area contributed by atoms with Crippen molar-refractivity contribution in [2.45, 2.75) is 6.92 Å². The summed E-state index contributed by atoms with van der Waals surface area (Å²) in [6.45, 7) is 1.92. The topological polar surface area (TPSA) is 81.0 Å². The number of nitro groups is 1. The van der Waals surface area contributed by atoms with Crippen LogP contribution in [0.25, 0.3) is 10.9 Å². The fourth-order valence-electron chi connectivity index (χ4n) is 2.04. The van der Waals surface area contributed by atoms with Crippen LogP contribution in [0.2, 0.25) is 0 Å². The summed E-state index contributed by atoms with van der Waals surface area (Å²) < 4.78 is 5.73. The molecule has 0 spiro atoms. The van der Waals surface area contributed by atoms with Crippen molar-refractivity contribution in [3.8, 4) is 11.5 Å². The Kier molecular flexibility index (Phi) is 2.83. The van der Waals surface area contributed by atoms with Gasteiger partial charge in [0.15, 0.2) is 0 Å². The molecule has 3 aromatic rings. The highest BCUT2D eigenvalue weighted by Gasteiger charge is 2.10. The molecule has 6 heteroatoms. The fourth-order valence-corrected chi connectivity index (χ4v) is 2.04. The van der Waals surface area contributed by atoms with Gasteiger partial charge in [0.25, 0.3) is 5.69 Å². The van der Waals surface area contributed by atoms with E-state index in [-0.39, 0.29) is 5.69 Å². The van der Waals surface area contributed by atoms with Crippen LogP contribution in [-0.2, 0) is 0 Å². The van der Waals surface area contributed by atoms with Crippen LogP contribution in [0.15, 0.2) is 42.6 Å². The first-order valence-corrected chi connectivity index (χ1v) is 6.00. The van der Waals surface area contributed by atoms with Gasteiger partial charge >= 0.3 is 0 Å². The third-order valence-electron chi connectivity index (χ3n) is 3.10. The molecule has 0 saturated heterocycles. The van der Waals surface area contributed by atoms with Crippen molar-refractivity contribution in [2.75, 3.05) is 0 Å². The van der Waals surface area contributed by atoms with Gasteiger partial charge in [0.05, 0.1) is 22.7 Å². The van der Waals surface area contributed by atoms with Gasteiger partial charge in [-0.2, -0.15) is 5.10 Å². The minimum absolute atomic E-state index is 0.00421. The molecule has 3 rings (SSSR count). The maximum Gasteiger partial charge on any atom is 0.273 e. The first kappa shape index (κ1) is 12.2. The molecular formula is C14H11N3O3. The van der Waals surface area contributed by atoms with Crippen molar-refractivity contribution >= 4 is 16.6 Å². The lowest BCUT2D eigenvalue weighted by Gasteiger charge is -2.09. The standard InChI is InChI=1S/C14H11N3O3/c1-9-12-8-15-16-13(12)5-6-14(9)20-11-4-2-3-10(7-11)17(18)19/h2-8H,1H3,(H,15,16). The zero-order valence-electron chi connectivity index (χ0n) is 10.7. The molecule has 100 valence electrons. The van der Waals surface area contributed by atoms with E-state index in [9.17, 15) is 10.1 Å². The molecule has 0 fully saturated rings. The number of hydrogen-bond acceptors (Lipinski definition) is 4. The smallest absolute Gasteiger partial charge is 0.273 e. The molecule has 2 aromatic carbocycles. The summed E-state index contributed by atoms with van der Waals surface area (Å²) in [5.74, 6) is 1.09. The molecule has 0 atom stereocenters. The summed E-state index contributed by atoms with van der Waals surface area (Å²) in [7, 11) is 0. The van der Waals surface area contributed by atoms with Gasteiger partial charge in [-0.1, -0.05) is 6.07 Å². The van der Waals surface area contributed by atoms with Crippen LogP contribution < -0.4 is 4.74 Å². The van der Waals surface area contributed by atoms with E-state index >= 15 is 0 Å². The van der Waals surface area contributed by atoms with Crippen LogP contribution >= 0.6 is 0 Å². The Labute approximate surface area is 114 Å². The number of nitro benzene ring substituents is 1. The lowest BCUT2D eigenvalue weighted by molar-refractivity contribution is -0.384. The minimum Gasteiger partial charge on any atom is -0.457 e. The molecule has 0 saturated carbocycles. The van der Waals surface area contributed by atoms with Gasteiger partial charge in [0.2, 0.25) is 0 Å². The molecule has 1 aromatic heterocycles. The number of ether oxygens (including phenoxy) is 1. The lowest BCUT2D eigenvalue weighted by Crippen LogP contribution is -1.91. The van der Waals surface area contributed by atoms with Crippen molar-refractivity contribution in [3.63, 3.8) is 0 Å². The Morgan fingerprint density at radius 3 is 2.95 bits per heavy atom. The van der Waals surface area contributed by atoms with E-state index in [0.29, 0.717) is 11.5 Å². The zero-order chi connectivity index (χ0) is 14.1. The van der Waals surface area contributed by atoms with Crippen LogP contribution in [0.5, 0.6) is 11.5 Å². The van der Waals surface area contributed by atoms with Crippen LogP contribution in [0.4, 0.5) is 5.69 Å². The molecule has 1 heterocycles. The molecule has 0 bridgehead atoms. The molecule has 1 N–H and O–H groups in total. The van der Waals surface area contributed by atoms with Crippen molar-refractivity contribution in [1.82, 2.24) is 10.2 Å². The Bertz CT molecular complexity index is 795. The molecule has 6 nitrogen and oxygen atoms in total. The Balaban J connectivity index is 1.98. The maximum atomic E-state index is 10.8. The van der Waals surface area contributed by atoms with Crippen molar-refractivity contribution < 1.29 is 9.66 Å². The summed E-state index contributed by atoms with van der Waals surface area (Å²) in [5.41, 5.74) is 1.86. The van der Waals surface area contributed by atoms with E-state index < -0.39 is 4.92 Å². The number of aromatic nitrogens is 2. The SMILES string of the molecule is Cc1c(Oc2cccc([N+](=O)[O-])c2)ccc2[nH]ncc12. The van der Waals surface area contributed by atoms with Gasteiger partial charge in [0.1, 0.15) is 11.5 Å². The number of aromatic amines is 1. The number of benzene rings is 2. The van der Waals surface area contributed by atoms with E-state index in [2.05, 4.69) is 10.2 Å². The molecule has 0 aliphatic carbocycles. The first-order valence-electron chi connectivity index (χ1n) is 6.00. The molecule has 0 amide bonds. The highest BCUT2D eigenvalue weighted by molar-refractivity contribution is 5.83. The summed E-state index contributed by atoms with van der Waals surface area (Å²) >= 11 is 0. The van der Waals surface area contributed by atoms with Crippen LogP contribution in [0, 0.1) is 17.0 Å². The Hall–Kier alpha value is -2.89. The number of nitrogens with one attached hydrogen (secondary N) is 1. The minimum atomic E-state index is -0.445. The van der Waals surface area contributed by atoms with E-state index in [1.807, 2.05) is 19.1 Å². The van der Waals surface area contributed by atoms with Gasteiger partial charge in [-0.3, -0.25) is 15.2 Å². The monoisotopic (exact) mass is 269 g/mol. The van der Waals surface area contributed by atoms with E-state index in [4.69, 9.17) is 4.74 Å². The third kappa shape index (κ3) is 2.07. The highest BCUT2D eigenvalue weighted by Crippen LogP contribution is 2.31. The average molecular weight is 269 g/mol. The summed E-state index contributed by atoms with van der Waals surface area (Å²) in [4.78, 5) is 10.3. The predicted molar refractivity (Wildman–Crippen MR) is 74.0 cm³/mol. The number of hydrogen-bond donors (Lipinski definition) is 1. The van der Waals surface area contributed by atoms with Crippen LogP contribution in [-0.4, -0.2) is 15.1 Å². The van der Waals surface area contributed by atoms with Gasteiger partial charge < -0.3 is 4.74 Å². The molecular weight excluding hydrogens is 258 g/mol. The van der Waals surface area contributed by atoms with Crippen molar-refractivity contribution in [1.29, 1.82) is 0 Å². The Morgan fingerprint density at radius 2 is 2.15 bits per heavy atom. The Morgan fingerprint density at radius 1 is 1.30 bits per heavy atom. The highest BCUT2D eigenvalue weighted by atomic mass is 16.6. The maximum absolute atomic E-state index is 10.8. The van der Waals surface area contributed by atoms with Crippen molar-refractivity contribution in [3.05, 3.63) is 58.3 Å². The molecule has 0 unspecified atom stereocenters. The molecule has 20 heavy (non-hydrogen) atoms. The number of aryl methyl sites for hydroxylation is 1. The average Bonchev–Trinajstić information content (AvgIpc) is 2.91. The second-order valence-electron chi connectivity index (χ2n) is 4.38. The number of H-pyrrole nitrogens is 1. The largest absolute Gasteiger partial charge is 0.457 e. The third-order valence-corrected chi connectivity index (χ3v) is 3.10. The van der Waals surface area contributed by atoms with E-state index in [0.717, 1.165) is 16.5 Å². The van der Waals surface area contributed by atoms with Gasteiger partial charge in [-0.05, 0) is 25.1 Å². The quantitative estimate of drug-likeness (QED) is 0.582. The van der Waals surface area contributed by atoms with Gasteiger partial charge in [0, 0.05) is 17.0 Å². The lowest BCUT2D eigenvalue weighted by atomic mass is 10.1. The van der Waals surface area contributed by atoms with Gasteiger partial charge in [-0.25, -0.2) is 0 Å². The van der Waals surface area contributed by atoms with E-state index in [1.165, 1.54) is 12.1 Å². The van der Waals surface area contributed by atoms with E-state index in [1.54, 1.807) is 18.3 Å². The molecule has 0 aliphatic heterocycles. The summed E-state index contributed by atoms with van der Waals surface area (Å²) in [6, 6.07) is 9.79.